The smallest absolute Gasteiger partial charge is 0.339 e. The van der Waals surface area contributed by atoms with E-state index < -0.39 is 57.5 Å². The van der Waals surface area contributed by atoms with E-state index in [1.165, 1.54) is 19.3 Å². The maximum atomic E-state index is 13.2. The minimum Gasteiger partial charge on any atom is -0.458 e. The Morgan fingerprint density at radius 2 is 1.89 bits per heavy atom. The Morgan fingerprint density at radius 3 is 2.54 bits per heavy atom. The van der Waals surface area contributed by atoms with E-state index in [-0.39, 0.29) is 31.2 Å². The molecule has 0 unspecified atom stereocenters. The second-order valence-corrected chi connectivity index (χ2v) is 11.6. The van der Waals surface area contributed by atoms with Crippen molar-refractivity contribution in [2.45, 2.75) is 94.7 Å². The summed E-state index contributed by atoms with van der Waals surface area (Å²) < 4.78 is 6.01. The number of rotatable bonds is 3. The molecule has 0 amide bonds. The zero-order valence-electron chi connectivity index (χ0n) is 20.5. The van der Waals surface area contributed by atoms with Crippen LogP contribution in [0.15, 0.2) is 36.2 Å². The molecule has 4 aliphatic rings. The van der Waals surface area contributed by atoms with Crippen LogP contribution in [0.4, 0.5) is 0 Å². The molecule has 3 saturated carbocycles. The molecule has 1 aromatic heterocycles. The lowest BCUT2D eigenvalue weighted by Crippen LogP contribution is -2.78. The standard InChI is InChI=1S/C27H35NO7/c1-16(29)25(32)10-11-27(34)24(25,3)21(35-22(31)17-5-4-12-28-15-17)14-20-23(2)8-7-19(30)13-18(23)6-9-26(20,27)33/h4-6,12,15,19-21,30,32-34H,7-11,13-14H2,1-3H3/t19-,20+,21+,23-,24+,25+,26-,27+/m0/s1. The number of nitrogens with zero attached hydrogens (tertiary/aromatic N) is 1. The number of esters is 1. The van der Waals surface area contributed by atoms with Gasteiger partial charge in [0.05, 0.1) is 17.1 Å². The highest BCUT2D eigenvalue weighted by atomic mass is 16.5. The molecule has 35 heavy (non-hydrogen) atoms. The van der Waals surface area contributed by atoms with Crippen molar-refractivity contribution in [2.75, 3.05) is 0 Å². The Balaban J connectivity index is 1.65. The van der Waals surface area contributed by atoms with Crippen LogP contribution in [0.5, 0.6) is 0 Å². The third kappa shape index (κ3) is 2.97. The van der Waals surface area contributed by atoms with E-state index >= 15 is 0 Å². The van der Waals surface area contributed by atoms with E-state index in [2.05, 4.69) is 4.98 Å². The van der Waals surface area contributed by atoms with Crippen molar-refractivity contribution in [1.82, 2.24) is 4.98 Å². The van der Waals surface area contributed by atoms with Gasteiger partial charge in [0.25, 0.3) is 0 Å². The van der Waals surface area contributed by atoms with Gasteiger partial charge in [-0.15, -0.1) is 0 Å². The van der Waals surface area contributed by atoms with Gasteiger partial charge in [0, 0.05) is 18.3 Å². The van der Waals surface area contributed by atoms with Crippen LogP contribution in [-0.4, -0.2) is 66.2 Å². The van der Waals surface area contributed by atoms with E-state index in [1.54, 1.807) is 19.1 Å². The second kappa shape index (κ2) is 7.68. The molecule has 0 aromatic carbocycles. The first-order valence-corrected chi connectivity index (χ1v) is 12.5. The first-order chi connectivity index (χ1) is 16.3. The van der Waals surface area contributed by atoms with Crippen molar-refractivity contribution in [2.24, 2.45) is 16.7 Å². The van der Waals surface area contributed by atoms with Gasteiger partial charge in [-0.25, -0.2) is 4.79 Å². The van der Waals surface area contributed by atoms with E-state index in [4.69, 9.17) is 4.74 Å². The molecule has 0 bridgehead atoms. The fraction of sp³-hybridized carbons (Fsp3) is 0.667. The van der Waals surface area contributed by atoms with Crippen molar-refractivity contribution in [3.8, 4) is 0 Å². The molecule has 8 heteroatoms. The highest BCUT2D eigenvalue weighted by molar-refractivity contribution is 5.90. The number of Topliss-reactive ketones (excluding diaryl/α,β-unsaturated/α-hetero) is 1. The number of hydrogen-bond donors (Lipinski definition) is 4. The van der Waals surface area contributed by atoms with Gasteiger partial charge in [-0.1, -0.05) is 18.6 Å². The first-order valence-electron chi connectivity index (χ1n) is 12.5. The van der Waals surface area contributed by atoms with E-state index in [1.807, 2.05) is 13.0 Å². The first kappa shape index (κ1) is 24.6. The summed E-state index contributed by atoms with van der Waals surface area (Å²) in [6.45, 7) is 4.89. The molecule has 190 valence electrons. The van der Waals surface area contributed by atoms with Crippen molar-refractivity contribution in [1.29, 1.82) is 0 Å². The Hall–Kier alpha value is -2.13. The van der Waals surface area contributed by atoms with E-state index in [9.17, 15) is 30.0 Å². The van der Waals surface area contributed by atoms with Gasteiger partial charge < -0.3 is 25.2 Å². The molecule has 4 N–H and O–H groups in total. The lowest BCUT2D eigenvalue weighted by molar-refractivity contribution is -0.312. The molecule has 0 spiro atoms. The minimum atomic E-state index is -1.98. The average Bonchev–Trinajstić information content (AvgIpc) is 3.06. The largest absolute Gasteiger partial charge is 0.458 e. The Kier molecular flexibility index (Phi) is 5.39. The zero-order valence-corrected chi connectivity index (χ0v) is 20.5. The van der Waals surface area contributed by atoms with Gasteiger partial charge in [-0.2, -0.15) is 0 Å². The van der Waals surface area contributed by atoms with Gasteiger partial charge >= 0.3 is 5.97 Å². The number of ether oxygens (including phenoxy) is 1. The molecule has 1 heterocycles. The third-order valence-electron chi connectivity index (χ3n) is 10.3. The molecule has 8 atom stereocenters. The molecular formula is C27H35NO7. The second-order valence-electron chi connectivity index (χ2n) is 11.6. The van der Waals surface area contributed by atoms with Crippen LogP contribution in [0.2, 0.25) is 0 Å². The number of carbonyl (C=O) groups excluding carboxylic acids is 2. The number of aliphatic hydroxyl groups is 4. The zero-order chi connectivity index (χ0) is 25.4. The predicted molar refractivity (Wildman–Crippen MR) is 125 cm³/mol. The van der Waals surface area contributed by atoms with Gasteiger partial charge in [0.1, 0.15) is 22.9 Å². The number of hydrogen-bond acceptors (Lipinski definition) is 8. The summed E-state index contributed by atoms with van der Waals surface area (Å²) >= 11 is 0. The van der Waals surface area contributed by atoms with Gasteiger partial charge in [0.2, 0.25) is 0 Å². The lowest BCUT2D eigenvalue weighted by atomic mass is 9.42. The summed E-state index contributed by atoms with van der Waals surface area (Å²) in [5, 5.41) is 46.7. The summed E-state index contributed by atoms with van der Waals surface area (Å²) in [7, 11) is 0. The highest BCUT2D eigenvalue weighted by Gasteiger charge is 2.81. The Morgan fingerprint density at radius 1 is 1.14 bits per heavy atom. The summed E-state index contributed by atoms with van der Waals surface area (Å²) in [5.74, 6) is -1.69. The van der Waals surface area contributed by atoms with Crippen LogP contribution in [0.1, 0.15) is 76.1 Å². The number of aliphatic hydroxyl groups excluding tert-OH is 1. The third-order valence-corrected chi connectivity index (χ3v) is 10.3. The van der Waals surface area contributed by atoms with Crippen LogP contribution in [-0.2, 0) is 9.53 Å². The van der Waals surface area contributed by atoms with Crippen LogP contribution < -0.4 is 0 Å². The molecule has 5 rings (SSSR count). The quantitative estimate of drug-likeness (QED) is 0.377. The SMILES string of the molecule is CC(=O)[C@]1(O)CC[C@@]2(O)[C@]1(C)[C@H](OC(=O)c1cccnc1)C[C@@H]1[C@@]3(C)CC[C@H](O)CC3=CC[C@]12O. The number of pyridine rings is 1. The molecule has 4 aliphatic carbocycles. The molecule has 0 radical (unpaired) electrons. The number of aromatic nitrogens is 1. The average molecular weight is 486 g/mol. The summed E-state index contributed by atoms with van der Waals surface area (Å²) in [4.78, 5) is 30.0. The lowest BCUT2D eigenvalue weighted by Gasteiger charge is -2.67. The molecule has 8 nitrogen and oxygen atoms in total. The number of fused-ring (bicyclic) bond motifs is 5. The van der Waals surface area contributed by atoms with Gasteiger partial charge in [-0.05, 0) is 76.3 Å². The fourth-order valence-corrected chi connectivity index (χ4v) is 8.05. The summed E-state index contributed by atoms with van der Waals surface area (Å²) in [6, 6.07) is 3.18. The maximum Gasteiger partial charge on any atom is 0.339 e. The van der Waals surface area contributed by atoms with Crippen LogP contribution in [0.3, 0.4) is 0 Å². The Labute approximate surface area is 205 Å². The molecule has 0 aliphatic heterocycles. The van der Waals surface area contributed by atoms with Crippen LogP contribution in [0, 0.1) is 16.7 Å². The monoisotopic (exact) mass is 485 g/mol. The van der Waals surface area contributed by atoms with Crippen molar-refractivity contribution >= 4 is 11.8 Å². The summed E-state index contributed by atoms with van der Waals surface area (Å²) in [6.07, 6.45) is 5.28. The van der Waals surface area contributed by atoms with Crippen molar-refractivity contribution in [3.05, 3.63) is 41.7 Å². The minimum absolute atomic E-state index is 0.00456. The fourth-order valence-electron chi connectivity index (χ4n) is 8.05. The molecule has 3 fully saturated rings. The number of carbonyl (C=O) groups is 2. The normalized spacial score (nSPS) is 46.6. The molecule has 0 saturated heterocycles. The predicted octanol–water partition coefficient (Wildman–Crippen LogP) is 2.09. The van der Waals surface area contributed by atoms with Crippen molar-refractivity contribution in [3.63, 3.8) is 0 Å². The highest BCUT2D eigenvalue weighted by Crippen LogP contribution is 2.70. The topological polar surface area (TPSA) is 137 Å². The van der Waals surface area contributed by atoms with E-state index in [0.717, 1.165) is 5.57 Å². The van der Waals surface area contributed by atoms with Crippen LogP contribution in [0.25, 0.3) is 0 Å². The molecule has 1 aromatic rings. The van der Waals surface area contributed by atoms with Gasteiger partial charge in [-0.3, -0.25) is 9.78 Å². The Bertz CT molecular complexity index is 1090. The number of ketones is 1. The van der Waals surface area contributed by atoms with E-state index in [0.29, 0.717) is 19.3 Å². The van der Waals surface area contributed by atoms with Gasteiger partial charge in [0.15, 0.2) is 5.78 Å². The van der Waals surface area contributed by atoms with Crippen LogP contribution >= 0.6 is 0 Å². The van der Waals surface area contributed by atoms with Crippen molar-refractivity contribution < 1.29 is 34.8 Å². The molecular weight excluding hydrogens is 450 g/mol. The summed E-state index contributed by atoms with van der Waals surface area (Å²) in [5.41, 5.74) is -6.40. The maximum absolute atomic E-state index is 13.2.